The van der Waals surface area contributed by atoms with Crippen molar-refractivity contribution in [2.45, 2.75) is 59.0 Å². The van der Waals surface area contributed by atoms with Gasteiger partial charge in [-0.2, -0.15) is 0 Å². The van der Waals surface area contributed by atoms with E-state index in [9.17, 15) is 14.4 Å². The van der Waals surface area contributed by atoms with Crippen LogP contribution in [0.1, 0.15) is 58.1 Å². The van der Waals surface area contributed by atoms with Crippen molar-refractivity contribution in [3.8, 4) is 11.1 Å². The second-order valence-electron chi connectivity index (χ2n) is 9.63. The molecule has 188 valence electrons. The van der Waals surface area contributed by atoms with E-state index >= 15 is 0 Å². The third-order valence-electron chi connectivity index (χ3n) is 6.16. The molecular weight excluding hydrogens is 444 g/mol. The van der Waals surface area contributed by atoms with Crippen LogP contribution in [-0.2, 0) is 19.1 Å². The molecule has 1 aliphatic rings. The smallest absolute Gasteiger partial charge is 0.407 e. The lowest BCUT2D eigenvalue weighted by atomic mass is 9.98. The first kappa shape index (κ1) is 26.3. The molecule has 7 nitrogen and oxygen atoms in total. The summed E-state index contributed by atoms with van der Waals surface area (Å²) in [6.07, 6.45) is -0.224. The lowest BCUT2D eigenvalue weighted by molar-refractivity contribution is -0.148. The van der Waals surface area contributed by atoms with E-state index in [1.807, 2.05) is 52.0 Å². The molecule has 0 saturated heterocycles. The fourth-order valence-electron chi connectivity index (χ4n) is 4.49. The van der Waals surface area contributed by atoms with E-state index in [-0.39, 0.29) is 31.0 Å². The minimum atomic E-state index is -0.852. The lowest BCUT2D eigenvalue weighted by Gasteiger charge is -2.25. The first-order valence-corrected chi connectivity index (χ1v) is 12.3. The fourth-order valence-corrected chi connectivity index (χ4v) is 4.49. The Morgan fingerprint density at radius 3 is 1.94 bits per heavy atom. The summed E-state index contributed by atoms with van der Waals surface area (Å²) in [5, 5.41) is 5.45. The molecule has 2 aromatic rings. The van der Waals surface area contributed by atoms with Crippen molar-refractivity contribution in [2.24, 2.45) is 11.8 Å². The Morgan fingerprint density at radius 2 is 1.43 bits per heavy atom. The maximum atomic E-state index is 13.0. The van der Waals surface area contributed by atoms with Crippen LogP contribution in [0.4, 0.5) is 4.79 Å². The molecule has 0 fully saturated rings. The molecule has 35 heavy (non-hydrogen) atoms. The Kier molecular flexibility index (Phi) is 8.90. The number of carbonyl (C=O) groups excluding carboxylic acids is 3. The van der Waals surface area contributed by atoms with Gasteiger partial charge in [0.15, 0.2) is 0 Å². The van der Waals surface area contributed by atoms with Crippen LogP contribution in [0.25, 0.3) is 11.1 Å². The minimum absolute atomic E-state index is 0.0706. The van der Waals surface area contributed by atoms with Crippen molar-refractivity contribution in [1.82, 2.24) is 10.6 Å². The summed E-state index contributed by atoms with van der Waals surface area (Å²) < 4.78 is 10.7. The molecule has 2 atom stereocenters. The highest BCUT2D eigenvalue weighted by Crippen LogP contribution is 2.44. The summed E-state index contributed by atoms with van der Waals surface area (Å²) in [7, 11) is 0. The summed E-state index contributed by atoms with van der Waals surface area (Å²) in [5.74, 6) is -1.02. The van der Waals surface area contributed by atoms with Gasteiger partial charge in [-0.05, 0) is 47.4 Å². The van der Waals surface area contributed by atoms with Gasteiger partial charge in [-0.25, -0.2) is 9.59 Å². The number of ether oxygens (including phenoxy) is 2. The summed E-state index contributed by atoms with van der Waals surface area (Å²) >= 11 is 0. The number of nitrogens with one attached hydrogen (secondary N) is 2. The number of benzene rings is 2. The van der Waals surface area contributed by atoms with Crippen LogP contribution >= 0.6 is 0 Å². The third kappa shape index (κ3) is 6.41. The molecule has 0 aliphatic heterocycles. The summed E-state index contributed by atoms with van der Waals surface area (Å²) in [6.45, 7) is 9.70. The zero-order valence-electron chi connectivity index (χ0n) is 21.2. The first-order valence-electron chi connectivity index (χ1n) is 12.3. The lowest BCUT2D eigenvalue weighted by Crippen LogP contribution is -2.54. The van der Waals surface area contributed by atoms with Crippen LogP contribution in [0.2, 0.25) is 0 Å². The van der Waals surface area contributed by atoms with Crippen LogP contribution in [0.15, 0.2) is 48.5 Å². The number of rotatable bonds is 10. The number of carbonyl (C=O) groups is 3. The molecule has 0 heterocycles. The van der Waals surface area contributed by atoms with Crippen molar-refractivity contribution in [1.29, 1.82) is 0 Å². The van der Waals surface area contributed by atoms with Gasteiger partial charge in [0.2, 0.25) is 5.91 Å². The maximum Gasteiger partial charge on any atom is 0.407 e. The largest absolute Gasteiger partial charge is 0.464 e. The van der Waals surface area contributed by atoms with Gasteiger partial charge in [0.1, 0.15) is 18.7 Å². The van der Waals surface area contributed by atoms with Gasteiger partial charge in [-0.3, -0.25) is 4.79 Å². The molecule has 0 radical (unpaired) electrons. The average molecular weight is 481 g/mol. The van der Waals surface area contributed by atoms with Crippen molar-refractivity contribution in [3.05, 3.63) is 59.7 Å². The number of fused-ring (bicyclic) bond motifs is 3. The Labute approximate surface area is 207 Å². The standard InChI is InChI=1S/C28H36N2O5/c1-6-34-27(32)24(15-17(2)3)29-26(31)25(18(4)5)30-28(33)35-16-23-21-13-9-7-11-19(21)20-12-8-10-14-22(20)23/h7-14,17-18,23-25H,6,15-16H2,1-5H3,(H,29,31)(H,30,33)/t24-,25-/m1/s1. The Morgan fingerprint density at radius 1 is 0.857 bits per heavy atom. The van der Waals surface area contributed by atoms with Crippen molar-refractivity contribution >= 4 is 18.0 Å². The maximum absolute atomic E-state index is 13.0. The monoisotopic (exact) mass is 480 g/mol. The van der Waals surface area contributed by atoms with Crippen LogP contribution in [0.5, 0.6) is 0 Å². The molecule has 0 spiro atoms. The van der Waals surface area contributed by atoms with Gasteiger partial charge in [0, 0.05) is 5.92 Å². The molecule has 2 amide bonds. The summed E-state index contributed by atoms with van der Waals surface area (Å²) in [6, 6.07) is 14.6. The highest BCUT2D eigenvalue weighted by Gasteiger charge is 2.32. The fraction of sp³-hybridized carbons (Fsp3) is 0.464. The molecule has 3 rings (SSSR count). The van der Waals surface area contributed by atoms with Crippen molar-refractivity contribution in [2.75, 3.05) is 13.2 Å². The van der Waals surface area contributed by atoms with Gasteiger partial charge in [0.05, 0.1) is 6.61 Å². The molecule has 2 N–H and O–H groups in total. The zero-order chi connectivity index (χ0) is 25.5. The Hall–Kier alpha value is -3.35. The number of esters is 1. The van der Waals surface area contributed by atoms with Crippen molar-refractivity contribution < 1.29 is 23.9 Å². The third-order valence-corrected chi connectivity index (χ3v) is 6.16. The van der Waals surface area contributed by atoms with Gasteiger partial charge in [0.25, 0.3) is 0 Å². The molecule has 7 heteroatoms. The van der Waals surface area contributed by atoms with E-state index in [1.165, 1.54) is 0 Å². The molecular formula is C28H36N2O5. The minimum Gasteiger partial charge on any atom is -0.464 e. The topological polar surface area (TPSA) is 93.7 Å². The molecule has 0 saturated carbocycles. The number of alkyl carbamates (subject to hydrolysis) is 1. The van der Waals surface area contributed by atoms with E-state index in [0.29, 0.717) is 6.42 Å². The molecule has 0 bridgehead atoms. The number of hydrogen-bond donors (Lipinski definition) is 2. The highest BCUT2D eigenvalue weighted by molar-refractivity contribution is 5.90. The molecule has 1 aliphatic carbocycles. The Balaban J connectivity index is 1.65. The second-order valence-corrected chi connectivity index (χ2v) is 9.63. The zero-order valence-corrected chi connectivity index (χ0v) is 21.2. The van der Waals surface area contributed by atoms with Crippen LogP contribution in [0.3, 0.4) is 0 Å². The van der Waals surface area contributed by atoms with Gasteiger partial charge < -0.3 is 20.1 Å². The molecule has 0 unspecified atom stereocenters. The second kappa shape index (κ2) is 11.9. The summed E-state index contributed by atoms with van der Waals surface area (Å²) in [4.78, 5) is 38.1. The predicted octanol–water partition coefficient (Wildman–Crippen LogP) is 4.64. The van der Waals surface area contributed by atoms with Crippen LogP contribution in [0, 0.1) is 11.8 Å². The van der Waals surface area contributed by atoms with E-state index in [1.54, 1.807) is 6.92 Å². The number of amides is 2. The quantitative estimate of drug-likeness (QED) is 0.483. The normalized spacial score (nSPS) is 14.1. The average Bonchev–Trinajstić information content (AvgIpc) is 3.14. The van der Waals surface area contributed by atoms with E-state index in [0.717, 1.165) is 22.3 Å². The van der Waals surface area contributed by atoms with Gasteiger partial charge in [-0.15, -0.1) is 0 Å². The Bertz CT molecular complexity index is 1000. The SMILES string of the molecule is CCOC(=O)[C@@H](CC(C)C)NC(=O)[C@H](NC(=O)OCC1c2ccccc2-c2ccccc21)C(C)C. The van der Waals surface area contributed by atoms with Crippen LogP contribution in [-0.4, -0.2) is 43.3 Å². The molecule has 2 aromatic carbocycles. The highest BCUT2D eigenvalue weighted by atomic mass is 16.5. The predicted molar refractivity (Wildman–Crippen MR) is 135 cm³/mol. The van der Waals surface area contributed by atoms with Gasteiger partial charge >= 0.3 is 12.1 Å². The van der Waals surface area contributed by atoms with E-state index in [2.05, 4.69) is 34.9 Å². The van der Waals surface area contributed by atoms with Gasteiger partial charge in [-0.1, -0.05) is 76.2 Å². The first-order chi connectivity index (χ1) is 16.7. The number of hydrogen-bond acceptors (Lipinski definition) is 5. The molecule has 0 aromatic heterocycles. The van der Waals surface area contributed by atoms with E-state index in [4.69, 9.17) is 9.47 Å². The van der Waals surface area contributed by atoms with Crippen LogP contribution < -0.4 is 10.6 Å². The summed E-state index contributed by atoms with van der Waals surface area (Å²) in [5.41, 5.74) is 4.52. The van der Waals surface area contributed by atoms with E-state index < -0.39 is 30.1 Å². The van der Waals surface area contributed by atoms with Crippen molar-refractivity contribution in [3.63, 3.8) is 0 Å².